The SMILES string of the molecule is CC(C)(C)c1ccc(C(=O)/C=C/Nc2cccc([N+](=O)[O-])c2)cc1. The van der Waals surface area contributed by atoms with Crippen molar-refractivity contribution in [2.45, 2.75) is 26.2 Å². The van der Waals surface area contributed by atoms with Crippen molar-refractivity contribution in [3.63, 3.8) is 0 Å². The number of carbonyl (C=O) groups excluding carboxylic acids is 1. The first kappa shape index (κ1) is 17.4. The number of benzene rings is 2. The van der Waals surface area contributed by atoms with Crippen LogP contribution in [-0.2, 0) is 5.41 Å². The van der Waals surface area contributed by atoms with E-state index in [2.05, 4.69) is 26.1 Å². The van der Waals surface area contributed by atoms with Crippen molar-refractivity contribution in [3.8, 4) is 0 Å². The number of nitrogens with one attached hydrogen (secondary N) is 1. The highest BCUT2D eigenvalue weighted by molar-refractivity contribution is 6.04. The molecule has 0 saturated carbocycles. The Morgan fingerprint density at radius 2 is 1.79 bits per heavy atom. The van der Waals surface area contributed by atoms with E-state index in [1.54, 1.807) is 24.3 Å². The molecule has 0 unspecified atom stereocenters. The van der Waals surface area contributed by atoms with Crippen molar-refractivity contribution in [1.29, 1.82) is 0 Å². The van der Waals surface area contributed by atoms with Crippen LogP contribution in [0.5, 0.6) is 0 Å². The molecule has 0 aliphatic carbocycles. The summed E-state index contributed by atoms with van der Waals surface area (Å²) in [5.74, 6) is -0.131. The first-order valence-electron chi connectivity index (χ1n) is 7.60. The van der Waals surface area contributed by atoms with Crippen molar-refractivity contribution in [3.05, 3.63) is 82.0 Å². The predicted molar refractivity (Wildman–Crippen MR) is 95.3 cm³/mol. The van der Waals surface area contributed by atoms with Crippen molar-refractivity contribution >= 4 is 17.2 Å². The number of allylic oxidation sites excluding steroid dienone is 1. The fourth-order valence-electron chi connectivity index (χ4n) is 2.15. The third-order valence-corrected chi connectivity index (χ3v) is 3.58. The van der Waals surface area contributed by atoms with E-state index in [4.69, 9.17) is 0 Å². The van der Waals surface area contributed by atoms with Gasteiger partial charge >= 0.3 is 0 Å². The van der Waals surface area contributed by atoms with Gasteiger partial charge in [0.25, 0.3) is 5.69 Å². The smallest absolute Gasteiger partial charge is 0.271 e. The molecule has 2 rings (SSSR count). The molecular weight excluding hydrogens is 304 g/mol. The molecule has 0 bridgehead atoms. The maximum atomic E-state index is 12.1. The quantitative estimate of drug-likeness (QED) is 0.374. The van der Waals surface area contributed by atoms with E-state index in [0.717, 1.165) is 5.56 Å². The summed E-state index contributed by atoms with van der Waals surface area (Å²) in [6.07, 6.45) is 2.89. The molecule has 0 heterocycles. The number of hydrogen-bond acceptors (Lipinski definition) is 4. The number of carbonyl (C=O) groups is 1. The zero-order chi connectivity index (χ0) is 17.7. The van der Waals surface area contributed by atoms with Gasteiger partial charge in [-0.05, 0) is 17.0 Å². The summed E-state index contributed by atoms with van der Waals surface area (Å²) >= 11 is 0. The van der Waals surface area contributed by atoms with Gasteiger partial charge in [0.1, 0.15) is 0 Å². The Kier molecular flexibility index (Phi) is 5.14. The minimum Gasteiger partial charge on any atom is -0.361 e. The Labute approximate surface area is 141 Å². The van der Waals surface area contributed by atoms with Crippen LogP contribution in [-0.4, -0.2) is 10.7 Å². The highest BCUT2D eigenvalue weighted by atomic mass is 16.6. The van der Waals surface area contributed by atoms with Crippen LogP contribution in [0.2, 0.25) is 0 Å². The highest BCUT2D eigenvalue weighted by Crippen LogP contribution is 2.22. The van der Waals surface area contributed by atoms with Crippen LogP contribution >= 0.6 is 0 Å². The molecule has 0 aromatic heterocycles. The lowest BCUT2D eigenvalue weighted by atomic mass is 9.86. The lowest BCUT2D eigenvalue weighted by molar-refractivity contribution is -0.384. The minimum absolute atomic E-state index is 0.00232. The Hall–Kier alpha value is -2.95. The average Bonchev–Trinajstić information content (AvgIpc) is 2.54. The zero-order valence-corrected chi connectivity index (χ0v) is 13.9. The molecule has 0 aliphatic rings. The molecule has 0 amide bonds. The van der Waals surface area contributed by atoms with Crippen LogP contribution in [0.3, 0.4) is 0 Å². The second kappa shape index (κ2) is 7.08. The zero-order valence-electron chi connectivity index (χ0n) is 13.9. The molecular formula is C19H20N2O3. The molecule has 0 fully saturated rings. The number of nitrogens with zero attached hydrogens (tertiary/aromatic N) is 1. The van der Waals surface area contributed by atoms with Gasteiger partial charge in [-0.15, -0.1) is 0 Å². The maximum Gasteiger partial charge on any atom is 0.271 e. The van der Waals surface area contributed by atoms with Crippen molar-refractivity contribution < 1.29 is 9.72 Å². The molecule has 0 aliphatic heterocycles. The summed E-state index contributed by atoms with van der Waals surface area (Å²) < 4.78 is 0. The predicted octanol–water partition coefficient (Wildman–Crippen LogP) is 4.70. The lowest BCUT2D eigenvalue weighted by Crippen LogP contribution is -2.11. The fourth-order valence-corrected chi connectivity index (χ4v) is 2.15. The molecule has 24 heavy (non-hydrogen) atoms. The van der Waals surface area contributed by atoms with Gasteiger partial charge in [0.15, 0.2) is 5.78 Å². The summed E-state index contributed by atoms with van der Waals surface area (Å²) in [6, 6.07) is 13.6. The van der Waals surface area contributed by atoms with Gasteiger partial charge in [0, 0.05) is 35.7 Å². The molecule has 2 aromatic carbocycles. The highest BCUT2D eigenvalue weighted by Gasteiger charge is 2.13. The van der Waals surface area contributed by atoms with E-state index in [1.807, 2.05) is 12.1 Å². The summed E-state index contributed by atoms with van der Waals surface area (Å²) in [7, 11) is 0. The van der Waals surface area contributed by atoms with Gasteiger partial charge in [-0.3, -0.25) is 14.9 Å². The van der Waals surface area contributed by atoms with Gasteiger partial charge in [0.05, 0.1) is 4.92 Å². The van der Waals surface area contributed by atoms with E-state index in [1.165, 1.54) is 24.4 Å². The van der Waals surface area contributed by atoms with Crippen LogP contribution in [0.25, 0.3) is 0 Å². The van der Waals surface area contributed by atoms with E-state index >= 15 is 0 Å². The van der Waals surface area contributed by atoms with Crippen LogP contribution in [0, 0.1) is 10.1 Å². The number of anilines is 1. The largest absolute Gasteiger partial charge is 0.361 e. The molecule has 2 aromatic rings. The number of nitro benzene ring substituents is 1. The van der Waals surface area contributed by atoms with Crippen LogP contribution in [0.15, 0.2) is 60.8 Å². The van der Waals surface area contributed by atoms with Gasteiger partial charge in [-0.25, -0.2) is 0 Å². The topological polar surface area (TPSA) is 72.2 Å². The van der Waals surface area contributed by atoms with E-state index in [9.17, 15) is 14.9 Å². The number of non-ortho nitro benzene ring substituents is 1. The summed E-state index contributed by atoms with van der Waals surface area (Å²) in [5.41, 5.74) is 2.35. The molecule has 0 radical (unpaired) electrons. The summed E-state index contributed by atoms with van der Waals surface area (Å²) in [4.78, 5) is 22.4. The Morgan fingerprint density at radius 3 is 2.38 bits per heavy atom. The molecule has 124 valence electrons. The van der Waals surface area contributed by atoms with Gasteiger partial charge in [0.2, 0.25) is 0 Å². The Balaban J connectivity index is 2.03. The van der Waals surface area contributed by atoms with E-state index < -0.39 is 4.92 Å². The van der Waals surface area contributed by atoms with Gasteiger partial charge in [-0.1, -0.05) is 51.1 Å². The number of ketones is 1. The van der Waals surface area contributed by atoms with Crippen molar-refractivity contribution in [2.24, 2.45) is 0 Å². The first-order chi connectivity index (χ1) is 11.3. The van der Waals surface area contributed by atoms with E-state index in [-0.39, 0.29) is 16.9 Å². The molecule has 5 nitrogen and oxygen atoms in total. The average molecular weight is 324 g/mol. The molecule has 0 atom stereocenters. The number of rotatable bonds is 5. The van der Waals surface area contributed by atoms with Crippen molar-refractivity contribution in [1.82, 2.24) is 0 Å². The monoisotopic (exact) mass is 324 g/mol. The van der Waals surface area contributed by atoms with Crippen LogP contribution in [0.4, 0.5) is 11.4 Å². The second-order valence-corrected chi connectivity index (χ2v) is 6.48. The van der Waals surface area contributed by atoms with Gasteiger partial charge in [-0.2, -0.15) is 0 Å². The number of hydrogen-bond donors (Lipinski definition) is 1. The molecule has 1 N–H and O–H groups in total. The minimum atomic E-state index is -0.461. The summed E-state index contributed by atoms with van der Waals surface area (Å²) in [6.45, 7) is 6.35. The lowest BCUT2D eigenvalue weighted by Gasteiger charge is -2.18. The fraction of sp³-hybridized carbons (Fsp3) is 0.211. The van der Waals surface area contributed by atoms with Crippen LogP contribution < -0.4 is 5.32 Å². The Morgan fingerprint density at radius 1 is 1.12 bits per heavy atom. The summed E-state index contributed by atoms with van der Waals surface area (Å²) in [5, 5.41) is 13.6. The van der Waals surface area contributed by atoms with Crippen molar-refractivity contribution in [2.75, 3.05) is 5.32 Å². The van der Waals surface area contributed by atoms with E-state index in [0.29, 0.717) is 11.3 Å². The standard InChI is InChI=1S/C19H20N2O3/c1-19(2,3)15-9-7-14(8-10-15)18(22)11-12-20-16-5-4-6-17(13-16)21(23)24/h4-13,20H,1-3H3/b12-11+. The third kappa shape index (κ3) is 4.52. The molecule has 0 saturated heterocycles. The normalized spacial score (nSPS) is 11.5. The maximum absolute atomic E-state index is 12.1. The molecule has 5 heteroatoms. The Bertz CT molecular complexity index is 772. The first-order valence-corrected chi connectivity index (χ1v) is 7.60. The van der Waals surface area contributed by atoms with Crippen LogP contribution in [0.1, 0.15) is 36.7 Å². The van der Waals surface area contributed by atoms with Gasteiger partial charge < -0.3 is 5.32 Å². The molecule has 0 spiro atoms. The second-order valence-electron chi connectivity index (χ2n) is 6.48. The number of nitro groups is 1. The third-order valence-electron chi connectivity index (χ3n) is 3.58.